The number of amides is 1. The number of carbonyl (C=O) groups excluding carboxylic acids is 1. The van der Waals surface area contributed by atoms with Crippen LogP contribution < -0.4 is 16.0 Å². The predicted octanol–water partition coefficient (Wildman–Crippen LogP) is 4.47. The van der Waals surface area contributed by atoms with Gasteiger partial charge in [0.2, 0.25) is 5.95 Å². The Kier molecular flexibility index (Phi) is 8.23. The van der Waals surface area contributed by atoms with Crippen LogP contribution >= 0.6 is 11.3 Å². The van der Waals surface area contributed by atoms with E-state index in [1.807, 2.05) is 18.2 Å². The molecule has 3 N–H and O–H groups in total. The maximum Gasteiger partial charge on any atom is 0.411 e. The molecule has 1 amide bonds. The van der Waals surface area contributed by atoms with E-state index < -0.39 is 6.09 Å². The van der Waals surface area contributed by atoms with Crippen molar-refractivity contribution in [1.82, 2.24) is 15.0 Å². The van der Waals surface area contributed by atoms with Crippen molar-refractivity contribution in [2.24, 2.45) is 0 Å². The van der Waals surface area contributed by atoms with Crippen LogP contribution in [0.3, 0.4) is 0 Å². The van der Waals surface area contributed by atoms with Gasteiger partial charge in [-0.2, -0.15) is 0 Å². The third kappa shape index (κ3) is 6.62. The summed E-state index contributed by atoms with van der Waals surface area (Å²) in [7, 11) is 3.23. The van der Waals surface area contributed by atoms with E-state index in [0.29, 0.717) is 37.3 Å². The second kappa shape index (κ2) is 11.7. The monoisotopic (exact) mass is 484 g/mol. The molecule has 11 heteroatoms. The van der Waals surface area contributed by atoms with Crippen molar-refractivity contribution in [3.63, 3.8) is 0 Å². The summed E-state index contributed by atoms with van der Waals surface area (Å²) in [4.78, 5) is 26.7. The Hall–Kier alpha value is -3.28. The number of rotatable bonds is 12. The molecule has 2 heterocycles. The van der Waals surface area contributed by atoms with E-state index in [2.05, 4.69) is 20.9 Å². The number of carbonyl (C=O) groups is 1. The highest BCUT2D eigenvalue weighted by Gasteiger charge is 2.30. The molecule has 34 heavy (non-hydrogen) atoms. The zero-order chi connectivity index (χ0) is 23.8. The van der Waals surface area contributed by atoms with Gasteiger partial charge >= 0.3 is 6.09 Å². The third-order valence-corrected chi connectivity index (χ3v) is 6.05. The molecule has 2 aromatic heterocycles. The number of benzene rings is 1. The molecule has 0 saturated heterocycles. The molecule has 0 spiro atoms. The lowest BCUT2D eigenvalue weighted by Crippen LogP contribution is -2.16. The van der Waals surface area contributed by atoms with Gasteiger partial charge in [-0.3, -0.25) is 5.32 Å². The van der Waals surface area contributed by atoms with Crippen LogP contribution in [0.5, 0.6) is 0 Å². The number of aromatic nitrogens is 3. The summed E-state index contributed by atoms with van der Waals surface area (Å²) in [6, 6.07) is 9.12. The van der Waals surface area contributed by atoms with Crippen LogP contribution in [0, 0.1) is 0 Å². The largest absolute Gasteiger partial charge is 0.447 e. The summed E-state index contributed by atoms with van der Waals surface area (Å²) in [6.07, 6.45) is 3.53. The Balaban J connectivity index is 1.42. The van der Waals surface area contributed by atoms with Crippen LogP contribution in [-0.4, -0.2) is 61.6 Å². The number of nitrogens with zero attached hydrogens (tertiary/aromatic N) is 3. The molecule has 0 atom stereocenters. The van der Waals surface area contributed by atoms with Gasteiger partial charge in [-0.15, -0.1) is 0 Å². The third-order valence-electron chi connectivity index (χ3n) is 5.00. The predicted molar refractivity (Wildman–Crippen MR) is 132 cm³/mol. The van der Waals surface area contributed by atoms with Gasteiger partial charge in [0.1, 0.15) is 6.61 Å². The zero-order valence-electron chi connectivity index (χ0n) is 19.2. The van der Waals surface area contributed by atoms with Gasteiger partial charge in [0.15, 0.2) is 5.13 Å². The summed E-state index contributed by atoms with van der Waals surface area (Å²) in [5, 5.41) is 10.1. The van der Waals surface area contributed by atoms with Crippen molar-refractivity contribution in [1.29, 1.82) is 0 Å². The van der Waals surface area contributed by atoms with Crippen molar-refractivity contribution in [2.75, 3.05) is 56.5 Å². The molecule has 1 aliphatic rings. The number of hydrogen-bond acceptors (Lipinski definition) is 10. The number of thiazole rings is 1. The van der Waals surface area contributed by atoms with Gasteiger partial charge in [0.25, 0.3) is 0 Å². The average molecular weight is 485 g/mol. The molecule has 180 valence electrons. The maximum absolute atomic E-state index is 11.8. The average Bonchev–Trinajstić information content (AvgIpc) is 3.60. The first-order valence-electron chi connectivity index (χ1n) is 11.0. The highest BCUT2D eigenvalue weighted by Crippen LogP contribution is 2.46. The fraction of sp³-hybridized carbons (Fsp3) is 0.391. The Morgan fingerprint density at radius 1 is 1.03 bits per heavy atom. The molecule has 1 aliphatic carbocycles. The van der Waals surface area contributed by atoms with Gasteiger partial charge in [0, 0.05) is 44.3 Å². The second-order valence-electron chi connectivity index (χ2n) is 7.65. The van der Waals surface area contributed by atoms with E-state index in [1.165, 1.54) is 0 Å². The fourth-order valence-corrected chi connectivity index (χ4v) is 4.21. The Morgan fingerprint density at radius 2 is 1.79 bits per heavy atom. The Morgan fingerprint density at radius 3 is 2.53 bits per heavy atom. The van der Waals surface area contributed by atoms with Gasteiger partial charge in [-0.1, -0.05) is 11.3 Å². The molecule has 0 radical (unpaired) electrons. The lowest BCUT2D eigenvalue weighted by Gasteiger charge is -2.09. The van der Waals surface area contributed by atoms with E-state index >= 15 is 0 Å². The first-order valence-corrected chi connectivity index (χ1v) is 11.8. The van der Waals surface area contributed by atoms with E-state index in [1.54, 1.807) is 43.9 Å². The molecule has 0 aliphatic heterocycles. The molecule has 1 saturated carbocycles. The van der Waals surface area contributed by atoms with Crippen molar-refractivity contribution in [3.05, 3.63) is 42.2 Å². The second-order valence-corrected chi connectivity index (χ2v) is 8.65. The minimum atomic E-state index is -0.527. The zero-order valence-corrected chi connectivity index (χ0v) is 20.0. The molecule has 3 aromatic rings. The van der Waals surface area contributed by atoms with Gasteiger partial charge < -0.3 is 24.8 Å². The van der Waals surface area contributed by atoms with Crippen LogP contribution in [0.2, 0.25) is 0 Å². The number of hydrogen-bond donors (Lipinski definition) is 3. The molecular formula is C23H28N6O4S. The smallest absolute Gasteiger partial charge is 0.411 e. The van der Waals surface area contributed by atoms with Crippen LogP contribution in [0.25, 0.3) is 10.6 Å². The first kappa shape index (κ1) is 23.9. The van der Waals surface area contributed by atoms with Crippen molar-refractivity contribution in [2.45, 2.75) is 18.8 Å². The Bertz CT molecular complexity index is 1090. The highest BCUT2D eigenvalue weighted by molar-refractivity contribution is 7.19. The summed E-state index contributed by atoms with van der Waals surface area (Å²) in [6.45, 7) is 1.88. The minimum Gasteiger partial charge on any atom is -0.447 e. The number of methoxy groups -OCH3 is 2. The maximum atomic E-state index is 11.8. The standard InChI is InChI=1S/C23H28N6O4S/c1-31-12-11-25-22-29-19(15-3-4-15)20(34-22)18-9-10-24-21(28-18)26-16-5-7-17(8-6-16)27-23(30)33-14-13-32-2/h5-10,15H,3-4,11-14H2,1-2H3,(H,25,29)(H,27,30)(H,24,26,28). The molecule has 4 rings (SSSR count). The molecule has 0 bridgehead atoms. The van der Waals surface area contributed by atoms with E-state index in [-0.39, 0.29) is 6.61 Å². The SMILES string of the molecule is COCCNc1nc(C2CC2)c(-c2ccnc(Nc3ccc(NC(=O)OCCOC)cc3)n2)s1. The summed E-state index contributed by atoms with van der Waals surface area (Å²) in [5.74, 6) is 0.984. The van der Waals surface area contributed by atoms with Gasteiger partial charge in [-0.05, 0) is 43.2 Å². The van der Waals surface area contributed by atoms with Crippen molar-refractivity contribution < 1.29 is 19.0 Å². The fourth-order valence-electron chi connectivity index (χ4n) is 3.17. The molecular weight excluding hydrogens is 456 g/mol. The summed E-state index contributed by atoms with van der Waals surface area (Å²) < 4.78 is 15.0. The normalized spacial score (nSPS) is 12.9. The minimum absolute atomic E-state index is 0.197. The molecule has 1 aromatic carbocycles. The van der Waals surface area contributed by atoms with Crippen LogP contribution in [0.4, 0.5) is 27.2 Å². The number of nitrogens with one attached hydrogen (secondary N) is 3. The van der Waals surface area contributed by atoms with Crippen LogP contribution in [0.15, 0.2) is 36.5 Å². The van der Waals surface area contributed by atoms with Crippen molar-refractivity contribution in [3.8, 4) is 10.6 Å². The van der Waals surface area contributed by atoms with Gasteiger partial charge in [-0.25, -0.2) is 19.7 Å². The number of anilines is 4. The lowest BCUT2D eigenvalue weighted by atomic mass is 10.2. The topological polar surface area (TPSA) is 120 Å². The summed E-state index contributed by atoms with van der Waals surface area (Å²) in [5.41, 5.74) is 3.36. The van der Waals surface area contributed by atoms with E-state index in [9.17, 15) is 4.79 Å². The first-order chi connectivity index (χ1) is 16.7. The van der Waals surface area contributed by atoms with E-state index in [0.717, 1.165) is 39.9 Å². The van der Waals surface area contributed by atoms with Crippen molar-refractivity contribution >= 4 is 39.9 Å². The Labute approximate surface area is 202 Å². The van der Waals surface area contributed by atoms with Crippen LogP contribution in [0.1, 0.15) is 24.5 Å². The lowest BCUT2D eigenvalue weighted by molar-refractivity contribution is 0.107. The summed E-state index contributed by atoms with van der Waals surface area (Å²) >= 11 is 1.61. The highest BCUT2D eigenvalue weighted by atomic mass is 32.1. The van der Waals surface area contributed by atoms with Crippen LogP contribution in [-0.2, 0) is 14.2 Å². The number of ether oxygens (including phenoxy) is 3. The quantitative estimate of drug-likeness (QED) is 0.320. The van der Waals surface area contributed by atoms with Gasteiger partial charge in [0.05, 0.1) is 29.5 Å². The molecule has 1 fully saturated rings. The van der Waals surface area contributed by atoms with E-state index in [4.69, 9.17) is 24.2 Å². The molecule has 0 unspecified atom stereocenters. The molecule has 10 nitrogen and oxygen atoms in total.